The van der Waals surface area contributed by atoms with Crippen LogP contribution < -0.4 is 5.32 Å². The fourth-order valence-corrected chi connectivity index (χ4v) is 4.51. The lowest BCUT2D eigenvalue weighted by molar-refractivity contribution is -0.138. The molecule has 0 saturated heterocycles. The molecule has 32 heavy (non-hydrogen) atoms. The lowest BCUT2D eigenvalue weighted by Crippen LogP contribution is -2.52. The van der Waals surface area contributed by atoms with E-state index in [1.807, 2.05) is 36.4 Å². The molecular formula is C25H28N2O5. The molecule has 0 spiro atoms. The van der Waals surface area contributed by atoms with Crippen LogP contribution in [0.25, 0.3) is 11.1 Å². The first-order chi connectivity index (χ1) is 15.5. The molecule has 1 fully saturated rings. The molecule has 0 radical (unpaired) electrons. The number of likely N-dealkylation sites (N-methyl/N-ethyl adjacent to an activating group) is 1. The van der Waals surface area contributed by atoms with Gasteiger partial charge in [0, 0.05) is 25.4 Å². The Morgan fingerprint density at radius 1 is 1.06 bits per heavy atom. The van der Waals surface area contributed by atoms with Gasteiger partial charge in [0.25, 0.3) is 0 Å². The Labute approximate surface area is 187 Å². The van der Waals surface area contributed by atoms with Crippen molar-refractivity contribution in [3.05, 3.63) is 59.7 Å². The monoisotopic (exact) mass is 436 g/mol. The Morgan fingerprint density at radius 2 is 1.66 bits per heavy atom. The van der Waals surface area contributed by atoms with Gasteiger partial charge in [-0.25, -0.2) is 4.79 Å². The van der Waals surface area contributed by atoms with Crippen LogP contribution in [0.15, 0.2) is 48.5 Å². The van der Waals surface area contributed by atoms with Gasteiger partial charge in [0.15, 0.2) is 0 Å². The Bertz CT molecular complexity index is 971. The first-order valence-corrected chi connectivity index (χ1v) is 11.1. The summed E-state index contributed by atoms with van der Waals surface area (Å²) in [4.78, 5) is 38.2. The van der Waals surface area contributed by atoms with E-state index < -0.39 is 18.1 Å². The molecular weight excluding hydrogens is 408 g/mol. The molecule has 168 valence electrons. The van der Waals surface area contributed by atoms with E-state index in [4.69, 9.17) is 9.84 Å². The first-order valence-electron chi connectivity index (χ1n) is 11.1. The second-order valence-electron chi connectivity index (χ2n) is 8.49. The Kier molecular flexibility index (Phi) is 6.44. The van der Waals surface area contributed by atoms with E-state index in [-0.39, 0.29) is 37.3 Å². The standard InChI is InChI=1S/C25H28N2O5/c1-27(16-7-6-8-16)24(30)22(13-14-23(28)29)26-25(31)32-15-21-19-11-4-2-9-17(19)18-10-3-5-12-20(18)21/h2-5,9-12,16,21-22H,6-8,13-15H2,1H3,(H,26,31)(H,28,29). The minimum absolute atomic E-state index is 0.0232. The third kappa shape index (κ3) is 4.47. The molecule has 7 heteroatoms. The molecule has 1 unspecified atom stereocenters. The van der Waals surface area contributed by atoms with Gasteiger partial charge in [-0.3, -0.25) is 9.59 Å². The summed E-state index contributed by atoms with van der Waals surface area (Å²) in [5.74, 6) is -1.37. The van der Waals surface area contributed by atoms with Crippen molar-refractivity contribution in [2.45, 2.75) is 50.1 Å². The normalized spacial score (nSPS) is 15.8. The van der Waals surface area contributed by atoms with Gasteiger partial charge in [-0.1, -0.05) is 48.5 Å². The van der Waals surface area contributed by atoms with Crippen LogP contribution in [0.2, 0.25) is 0 Å². The van der Waals surface area contributed by atoms with Crippen molar-refractivity contribution in [1.82, 2.24) is 10.2 Å². The van der Waals surface area contributed by atoms with E-state index >= 15 is 0 Å². The van der Waals surface area contributed by atoms with Crippen molar-refractivity contribution < 1.29 is 24.2 Å². The van der Waals surface area contributed by atoms with Gasteiger partial charge < -0.3 is 20.1 Å². The number of nitrogens with one attached hydrogen (secondary N) is 1. The molecule has 2 aromatic carbocycles. The summed E-state index contributed by atoms with van der Waals surface area (Å²) < 4.78 is 5.54. The van der Waals surface area contributed by atoms with Crippen LogP contribution in [0.4, 0.5) is 4.79 Å². The van der Waals surface area contributed by atoms with Gasteiger partial charge in [0.1, 0.15) is 12.6 Å². The van der Waals surface area contributed by atoms with Crippen molar-refractivity contribution in [3.63, 3.8) is 0 Å². The smallest absolute Gasteiger partial charge is 0.407 e. The quantitative estimate of drug-likeness (QED) is 0.657. The Balaban J connectivity index is 1.42. The zero-order valence-corrected chi connectivity index (χ0v) is 18.1. The summed E-state index contributed by atoms with van der Waals surface area (Å²) in [6, 6.07) is 15.3. The molecule has 2 N–H and O–H groups in total. The molecule has 0 bridgehead atoms. The van der Waals surface area contributed by atoms with Gasteiger partial charge in [-0.05, 0) is 47.9 Å². The number of hydrogen-bond donors (Lipinski definition) is 2. The van der Waals surface area contributed by atoms with Crippen molar-refractivity contribution in [3.8, 4) is 11.1 Å². The number of carbonyl (C=O) groups excluding carboxylic acids is 2. The van der Waals surface area contributed by atoms with E-state index in [0.29, 0.717) is 0 Å². The maximum Gasteiger partial charge on any atom is 0.407 e. The topological polar surface area (TPSA) is 95.9 Å². The van der Waals surface area contributed by atoms with Crippen molar-refractivity contribution in [2.75, 3.05) is 13.7 Å². The maximum atomic E-state index is 12.9. The molecule has 0 aromatic heterocycles. The Morgan fingerprint density at radius 3 is 2.19 bits per heavy atom. The number of aliphatic carboxylic acids is 1. The number of carboxylic acid groups (broad SMARTS) is 1. The summed E-state index contributed by atoms with van der Waals surface area (Å²) >= 11 is 0. The van der Waals surface area contributed by atoms with Crippen molar-refractivity contribution in [2.24, 2.45) is 0 Å². The number of benzene rings is 2. The number of fused-ring (bicyclic) bond motifs is 3. The molecule has 1 saturated carbocycles. The highest BCUT2D eigenvalue weighted by Crippen LogP contribution is 2.44. The second kappa shape index (κ2) is 9.42. The van der Waals surface area contributed by atoms with Crippen molar-refractivity contribution >= 4 is 18.0 Å². The zero-order chi connectivity index (χ0) is 22.7. The van der Waals surface area contributed by atoms with E-state index in [9.17, 15) is 14.4 Å². The maximum absolute atomic E-state index is 12.9. The molecule has 7 nitrogen and oxygen atoms in total. The van der Waals surface area contributed by atoms with E-state index in [1.165, 1.54) is 0 Å². The predicted molar refractivity (Wildman–Crippen MR) is 119 cm³/mol. The minimum atomic E-state index is -1.01. The summed E-state index contributed by atoms with van der Waals surface area (Å²) in [5.41, 5.74) is 4.47. The number of rotatable bonds is 8. The average molecular weight is 437 g/mol. The Hall–Kier alpha value is -3.35. The van der Waals surface area contributed by atoms with Gasteiger partial charge in [0.05, 0.1) is 0 Å². The summed E-state index contributed by atoms with van der Waals surface area (Å²) in [5, 5.41) is 11.7. The van der Waals surface area contributed by atoms with Crippen LogP contribution in [-0.4, -0.2) is 53.7 Å². The first kappa shape index (κ1) is 21.9. The second-order valence-corrected chi connectivity index (χ2v) is 8.49. The summed E-state index contributed by atoms with van der Waals surface area (Å²) in [6.07, 6.45) is 2.03. The highest BCUT2D eigenvalue weighted by molar-refractivity contribution is 5.86. The van der Waals surface area contributed by atoms with Crippen LogP contribution in [0.1, 0.15) is 49.1 Å². The van der Waals surface area contributed by atoms with E-state index in [2.05, 4.69) is 17.4 Å². The SMILES string of the molecule is CN(C(=O)C(CCC(=O)O)NC(=O)OCC1c2ccccc2-c2ccccc21)C1CCC1. The van der Waals surface area contributed by atoms with Crippen LogP contribution in [0.3, 0.4) is 0 Å². The minimum Gasteiger partial charge on any atom is -0.481 e. The van der Waals surface area contributed by atoms with Crippen LogP contribution in [-0.2, 0) is 14.3 Å². The van der Waals surface area contributed by atoms with Gasteiger partial charge in [-0.2, -0.15) is 0 Å². The molecule has 2 aliphatic rings. The zero-order valence-electron chi connectivity index (χ0n) is 18.1. The van der Waals surface area contributed by atoms with Gasteiger partial charge in [0.2, 0.25) is 5.91 Å². The molecule has 0 aliphatic heterocycles. The summed E-state index contributed by atoms with van der Waals surface area (Å²) in [6.45, 7) is 0.137. The highest BCUT2D eigenvalue weighted by Gasteiger charge is 2.33. The number of alkyl carbamates (subject to hydrolysis) is 1. The number of ether oxygens (including phenoxy) is 1. The third-order valence-electron chi connectivity index (χ3n) is 6.55. The lowest BCUT2D eigenvalue weighted by atomic mass is 9.91. The predicted octanol–water partition coefficient (Wildman–Crippen LogP) is 3.77. The van der Waals surface area contributed by atoms with Gasteiger partial charge >= 0.3 is 12.1 Å². The summed E-state index contributed by atoms with van der Waals surface area (Å²) in [7, 11) is 1.71. The molecule has 4 rings (SSSR count). The highest BCUT2D eigenvalue weighted by atomic mass is 16.5. The average Bonchev–Trinajstić information content (AvgIpc) is 3.07. The fourth-order valence-electron chi connectivity index (χ4n) is 4.51. The largest absolute Gasteiger partial charge is 0.481 e. The van der Waals surface area contributed by atoms with Crippen LogP contribution >= 0.6 is 0 Å². The van der Waals surface area contributed by atoms with Gasteiger partial charge in [-0.15, -0.1) is 0 Å². The molecule has 2 aliphatic carbocycles. The molecule has 1 atom stereocenters. The molecule has 0 heterocycles. The molecule has 2 amide bonds. The number of carboxylic acids is 1. The number of amides is 2. The van der Waals surface area contributed by atoms with E-state index in [0.717, 1.165) is 41.5 Å². The fraction of sp³-hybridized carbons (Fsp3) is 0.400. The van der Waals surface area contributed by atoms with E-state index in [1.54, 1.807) is 11.9 Å². The molecule has 2 aromatic rings. The third-order valence-corrected chi connectivity index (χ3v) is 6.55. The number of nitrogens with zero attached hydrogens (tertiary/aromatic N) is 1. The number of hydrogen-bond acceptors (Lipinski definition) is 4. The van der Waals surface area contributed by atoms with Crippen LogP contribution in [0, 0.1) is 0 Å². The van der Waals surface area contributed by atoms with Crippen LogP contribution in [0.5, 0.6) is 0 Å². The van der Waals surface area contributed by atoms with Crippen molar-refractivity contribution in [1.29, 1.82) is 0 Å². The lowest BCUT2D eigenvalue weighted by Gasteiger charge is -2.36. The number of carbonyl (C=O) groups is 3.